The SMILES string of the molecule is Cc1ccc(S(=O)(=O)N(CC(=O)N(Cc2ccccc2Cl)C(Cc2ccccc2)C(=O)NC2CCCCC2)c2cc(Cl)cc(Cl)c2)cc1. The van der Waals surface area contributed by atoms with Crippen molar-refractivity contribution < 1.29 is 18.0 Å². The summed E-state index contributed by atoms with van der Waals surface area (Å²) in [5.74, 6) is -0.897. The topological polar surface area (TPSA) is 86.8 Å². The van der Waals surface area contributed by atoms with Crippen LogP contribution in [0, 0.1) is 6.92 Å². The molecule has 1 atom stereocenters. The molecule has 0 radical (unpaired) electrons. The first-order chi connectivity index (χ1) is 23.0. The average Bonchev–Trinajstić information content (AvgIpc) is 3.06. The third kappa shape index (κ3) is 9.11. The van der Waals surface area contributed by atoms with Crippen molar-refractivity contribution in [1.29, 1.82) is 0 Å². The van der Waals surface area contributed by atoms with E-state index in [4.69, 9.17) is 34.8 Å². The number of nitrogens with one attached hydrogen (secondary N) is 1. The Bertz CT molecular complexity index is 1810. The fourth-order valence-electron chi connectivity index (χ4n) is 5.96. The van der Waals surface area contributed by atoms with Crippen LogP contribution in [-0.4, -0.2) is 43.8 Å². The molecule has 1 aliphatic carbocycles. The number of rotatable bonds is 12. The molecule has 0 aromatic heterocycles. The molecule has 1 unspecified atom stereocenters. The van der Waals surface area contributed by atoms with E-state index in [0.29, 0.717) is 10.6 Å². The lowest BCUT2D eigenvalue weighted by molar-refractivity contribution is -0.140. The summed E-state index contributed by atoms with van der Waals surface area (Å²) in [6.07, 6.45) is 5.09. The molecule has 0 spiro atoms. The van der Waals surface area contributed by atoms with Crippen LogP contribution < -0.4 is 9.62 Å². The maximum Gasteiger partial charge on any atom is 0.264 e. The molecule has 1 saturated carbocycles. The highest BCUT2D eigenvalue weighted by Crippen LogP contribution is 2.31. The largest absolute Gasteiger partial charge is 0.352 e. The van der Waals surface area contributed by atoms with Crippen LogP contribution in [0.5, 0.6) is 0 Å². The van der Waals surface area contributed by atoms with Gasteiger partial charge in [0.1, 0.15) is 12.6 Å². The fourth-order valence-corrected chi connectivity index (χ4v) is 8.07. The summed E-state index contributed by atoms with van der Waals surface area (Å²) >= 11 is 19.3. The van der Waals surface area contributed by atoms with Gasteiger partial charge in [-0.15, -0.1) is 0 Å². The van der Waals surface area contributed by atoms with E-state index in [9.17, 15) is 18.0 Å². The maximum absolute atomic E-state index is 14.7. The Labute approximate surface area is 297 Å². The first-order valence-electron chi connectivity index (χ1n) is 15.9. The predicted molar refractivity (Wildman–Crippen MR) is 193 cm³/mol. The molecule has 0 heterocycles. The van der Waals surface area contributed by atoms with Crippen molar-refractivity contribution in [3.8, 4) is 0 Å². The van der Waals surface area contributed by atoms with Crippen molar-refractivity contribution in [3.63, 3.8) is 0 Å². The molecule has 0 aliphatic heterocycles. The van der Waals surface area contributed by atoms with E-state index in [1.165, 1.54) is 35.2 Å². The number of carbonyl (C=O) groups is 2. The van der Waals surface area contributed by atoms with E-state index in [2.05, 4.69) is 5.32 Å². The number of benzene rings is 4. The quantitative estimate of drug-likeness (QED) is 0.159. The summed E-state index contributed by atoms with van der Waals surface area (Å²) in [6, 6.07) is 26.3. The Hall–Kier alpha value is -3.56. The minimum atomic E-state index is -4.30. The minimum absolute atomic E-state index is 0.00574. The highest BCUT2D eigenvalue weighted by Gasteiger charge is 2.36. The van der Waals surface area contributed by atoms with Gasteiger partial charge in [-0.3, -0.25) is 13.9 Å². The second-order valence-electron chi connectivity index (χ2n) is 12.1. The lowest BCUT2D eigenvalue weighted by Crippen LogP contribution is -2.55. The number of nitrogens with zero attached hydrogens (tertiary/aromatic N) is 2. The first kappa shape index (κ1) is 35.7. The Morgan fingerprint density at radius 1 is 0.833 bits per heavy atom. The molecule has 1 N–H and O–H groups in total. The van der Waals surface area contributed by atoms with Crippen molar-refractivity contribution >= 4 is 62.3 Å². The number of aryl methyl sites for hydroxylation is 1. The number of hydrogen-bond acceptors (Lipinski definition) is 4. The molecule has 0 saturated heterocycles. The Morgan fingerprint density at radius 2 is 1.46 bits per heavy atom. The molecule has 7 nitrogen and oxygen atoms in total. The highest BCUT2D eigenvalue weighted by molar-refractivity contribution is 7.92. The summed E-state index contributed by atoms with van der Waals surface area (Å²) in [7, 11) is -4.30. The van der Waals surface area contributed by atoms with Crippen LogP contribution in [0.4, 0.5) is 5.69 Å². The molecular weight excluding hydrogens is 689 g/mol. The molecule has 1 aliphatic rings. The van der Waals surface area contributed by atoms with Crippen LogP contribution in [0.3, 0.4) is 0 Å². The average molecular weight is 727 g/mol. The summed E-state index contributed by atoms with van der Waals surface area (Å²) in [5, 5.41) is 4.04. The summed E-state index contributed by atoms with van der Waals surface area (Å²) in [6.45, 7) is 1.20. The van der Waals surface area contributed by atoms with Crippen molar-refractivity contribution in [2.45, 2.75) is 69.0 Å². The summed E-state index contributed by atoms with van der Waals surface area (Å²) in [4.78, 5) is 30.4. The number of halogens is 3. The van der Waals surface area contributed by atoms with Crippen molar-refractivity contribution in [2.75, 3.05) is 10.8 Å². The van der Waals surface area contributed by atoms with Gasteiger partial charge in [0.05, 0.1) is 10.6 Å². The van der Waals surface area contributed by atoms with Crippen molar-refractivity contribution in [2.24, 2.45) is 0 Å². The third-order valence-corrected chi connectivity index (χ3v) is 11.1. The molecule has 4 aromatic carbocycles. The van der Waals surface area contributed by atoms with E-state index in [1.54, 1.807) is 36.4 Å². The first-order valence-corrected chi connectivity index (χ1v) is 18.5. The Kier molecular flexibility index (Phi) is 12.1. The van der Waals surface area contributed by atoms with E-state index >= 15 is 0 Å². The minimum Gasteiger partial charge on any atom is -0.352 e. The molecule has 1 fully saturated rings. The number of amides is 2. The third-order valence-electron chi connectivity index (χ3n) is 8.54. The van der Waals surface area contributed by atoms with E-state index < -0.39 is 28.5 Å². The zero-order valence-electron chi connectivity index (χ0n) is 26.6. The van der Waals surface area contributed by atoms with Crippen LogP contribution in [0.2, 0.25) is 15.1 Å². The van der Waals surface area contributed by atoms with Crippen LogP contribution in [0.25, 0.3) is 0 Å². The maximum atomic E-state index is 14.7. The Morgan fingerprint density at radius 3 is 2.10 bits per heavy atom. The molecular formula is C37H38Cl3N3O4S. The molecule has 48 heavy (non-hydrogen) atoms. The fraction of sp³-hybridized carbons (Fsp3) is 0.297. The lowest BCUT2D eigenvalue weighted by Gasteiger charge is -2.35. The molecule has 0 bridgehead atoms. The van der Waals surface area contributed by atoms with Gasteiger partial charge in [-0.25, -0.2) is 8.42 Å². The van der Waals surface area contributed by atoms with Gasteiger partial charge in [0.25, 0.3) is 10.0 Å². The molecule has 2 amide bonds. The standard InChI is InChI=1S/C37H38Cl3N3O4S/c1-26-16-18-33(19-17-26)48(46,47)43(32-22-29(38)21-30(39)23-32)25-36(44)42(24-28-12-8-9-15-34(28)40)35(20-27-10-4-2-5-11-27)37(45)41-31-13-6-3-7-14-31/h2,4-5,8-12,15-19,21-23,31,35H,3,6-7,13-14,20,24-25H2,1H3,(H,41,45). The second-order valence-corrected chi connectivity index (χ2v) is 15.3. The number of carbonyl (C=O) groups excluding carboxylic acids is 2. The van der Waals surface area contributed by atoms with Crippen molar-refractivity contribution in [3.05, 3.63) is 129 Å². The monoisotopic (exact) mass is 725 g/mol. The molecule has 5 rings (SSSR count). The van der Waals surface area contributed by atoms with Gasteiger partial charge >= 0.3 is 0 Å². The normalized spacial score (nSPS) is 14.2. The highest BCUT2D eigenvalue weighted by atomic mass is 35.5. The van der Waals surface area contributed by atoms with E-state index in [1.807, 2.05) is 37.3 Å². The van der Waals surface area contributed by atoms with Crippen LogP contribution >= 0.6 is 34.8 Å². The second kappa shape index (κ2) is 16.2. The smallest absolute Gasteiger partial charge is 0.264 e. The number of hydrogen-bond donors (Lipinski definition) is 1. The van der Waals surface area contributed by atoms with Gasteiger partial charge in [0, 0.05) is 34.1 Å². The molecule has 4 aromatic rings. The number of anilines is 1. The van der Waals surface area contributed by atoms with Gasteiger partial charge < -0.3 is 10.2 Å². The van der Waals surface area contributed by atoms with Gasteiger partial charge in [0.2, 0.25) is 11.8 Å². The van der Waals surface area contributed by atoms with Crippen LogP contribution in [0.15, 0.2) is 102 Å². The zero-order chi connectivity index (χ0) is 34.3. The molecule has 11 heteroatoms. The van der Waals surface area contributed by atoms with Crippen LogP contribution in [-0.2, 0) is 32.6 Å². The van der Waals surface area contributed by atoms with E-state index in [0.717, 1.165) is 47.5 Å². The Balaban J connectivity index is 1.59. The summed E-state index contributed by atoms with van der Waals surface area (Å²) in [5.41, 5.74) is 2.46. The lowest BCUT2D eigenvalue weighted by atomic mass is 9.94. The van der Waals surface area contributed by atoms with Crippen molar-refractivity contribution in [1.82, 2.24) is 10.2 Å². The zero-order valence-corrected chi connectivity index (χ0v) is 29.7. The number of sulfonamides is 1. The molecule has 252 valence electrons. The summed E-state index contributed by atoms with van der Waals surface area (Å²) < 4.78 is 29.5. The van der Waals surface area contributed by atoms with Gasteiger partial charge in [-0.1, -0.05) is 120 Å². The van der Waals surface area contributed by atoms with Crippen LogP contribution in [0.1, 0.15) is 48.8 Å². The van der Waals surface area contributed by atoms with Gasteiger partial charge in [0.15, 0.2) is 0 Å². The van der Waals surface area contributed by atoms with Gasteiger partial charge in [-0.05, 0) is 67.3 Å². The predicted octanol–water partition coefficient (Wildman–Crippen LogP) is 8.24. The van der Waals surface area contributed by atoms with E-state index in [-0.39, 0.29) is 45.5 Å². The van der Waals surface area contributed by atoms with Gasteiger partial charge in [-0.2, -0.15) is 0 Å².